The van der Waals surface area contributed by atoms with Crippen LogP contribution in [0.1, 0.15) is 12.5 Å². The highest BCUT2D eigenvalue weighted by molar-refractivity contribution is 7.47. The fourth-order valence-corrected chi connectivity index (χ4v) is 7.16. The van der Waals surface area contributed by atoms with E-state index >= 15 is 4.39 Å². The van der Waals surface area contributed by atoms with Gasteiger partial charge in [-0.25, -0.2) is 38.4 Å². The summed E-state index contributed by atoms with van der Waals surface area (Å²) in [5.41, 5.74) is 12.7. The second-order valence-electron chi connectivity index (χ2n) is 10.0. The molecule has 4 unspecified atom stereocenters. The Bertz CT molecular complexity index is 1830. The lowest BCUT2D eigenvalue weighted by Crippen LogP contribution is -2.35. The van der Waals surface area contributed by atoms with Crippen LogP contribution in [0.4, 0.5) is 15.9 Å². The highest BCUT2D eigenvalue weighted by atomic mass is 31.2. The standard InChI is InChI=1S/C21H24FN9O11P2/c22-11-15-10(40-20(11)30-6-28-12-8(23)1-2-25-18(12)30)4-38-44(35,36)42-16-14(32)9(3-37-43(33,34)41-15)39-21(16)31-7-29-13-17(24)26-5-27-19(13)31/h1-2,5-7,9-11,14-16,20-21,32H,3-4H2,(H2,23,25)(H,33,34)(H,35,36)(H2,24,26,27)/t9-,10-,11+,14?,15?,16+,20-,21-/m1/s1. The van der Waals surface area contributed by atoms with Gasteiger partial charge in [-0.15, -0.1) is 0 Å². The topological polar surface area (TPSA) is 277 Å². The van der Waals surface area contributed by atoms with E-state index in [9.17, 15) is 24.0 Å². The highest BCUT2D eigenvalue weighted by Gasteiger charge is 2.54. The first-order valence-electron chi connectivity index (χ1n) is 12.9. The van der Waals surface area contributed by atoms with Gasteiger partial charge in [-0.1, -0.05) is 0 Å². The summed E-state index contributed by atoms with van der Waals surface area (Å²) in [7, 11) is -10.2. The third-order valence-electron chi connectivity index (χ3n) is 7.32. The molecule has 7 heterocycles. The van der Waals surface area contributed by atoms with Crippen LogP contribution in [-0.2, 0) is 36.7 Å². The zero-order chi connectivity index (χ0) is 31.0. The number of aliphatic hydroxyl groups excluding tert-OH is 1. The first-order valence-corrected chi connectivity index (χ1v) is 15.9. The van der Waals surface area contributed by atoms with Crippen molar-refractivity contribution in [2.75, 3.05) is 24.7 Å². The number of imidazole rings is 2. The van der Waals surface area contributed by atoms with Crippen molar-refractivity contribution in [1.29, 1.82) is 0 Å². The number of nitrogen functional groups attached to an aromatic ring is 2. The van der Waals surface area contributed by atoms with E-state index in [1.54, 1.807) is 0 Å². The van der Waals surface area contributed by atoms with E-state index in [0.29, 0.717) is 0 Å². The molecule has 0 aliphatic carbocycles. The number of rotatable bonds is 2. The zero-order valence-corrected chi connectivity index (χ0v) is 23.9. The van der Waals surface area contributed by atoms with Crippen LogP contribution in [0.2, 0.25) is 0 Å². The van der Waals surface area contributed by atoms with Crippen LogP contribution in [-0.4, -0.2) is 98.9 Å². The lowest BCUT2D eigenvalue weighted by molar-refractivity contribution is -0.0671. The van der Waals surface area contributed by atoms with Crippen molar-refractivity contribution < 1.29 is 56.0 Å². The van der Waals surface area contributed by atoms with Gasteiger partial charge in [-0.05, 0) is 6.07 Å². The number of pyridine rings is 1. The molecule has 3 aliphatic heterocycles. The molecule has 44 heavy (non-hydrogen) atoms. The van der Waals surface area contributed by atoms with Crippen molar-refractivity contribution in [2.24, 2.45) is 0 Å². The van der Waals surface area contributed by atoms with Crippen LogP contribution < -0.4 is 11.5 Å². The second-order valence-corrected chi connectivity index (χ2v) is 12.9. The number of anilines is 2. The lowest BCUT2D eigenvalue weighted by Gasteiger charge is -2.25. The molecule has 0 aromatic carbocycles. The Labute approximate surface area is 244 Å². The molecule has 4 aromatic rings. The SMILES string of the molecule is Nc1ccnc2c1ncn2[C@@H]1O[C@@H]2COP(=O)(O)O[C@H]3C(O)[C@@H](COP(=O)(O)OC2[C@@H]1F)O[C@H]3n1cnc2c(N)ncnc21. The molecule has 20 nitrogen and oxygen atoms in total. The Morgan fingerprint density at radius 3 is 2.20 bits per heavy atom. The van der Waals surface area contributed by atoms with E-state index in [-0.39, 0.29) is 33.8 Å². The van der Waals surface area contributed by atoms with Gasteiger partial charge in [0, 0.05) is 6.20 Å². The lowest BCUT2D eigenvalue weighted by atomic mass is 10.1. The number of fused-ring (bicyclic) bond motifs is 5. The van der Waals surface area contributed by atoms with Gasteiger partial charge < -0.3 is 35.8 Å². The van der Waals surface area contributed by atoms with Gasteiger partial charge in [0.2, 0.25) is 0 Å². The fourth-order valence-electron chi connectivity index (χ4n) is 5.27. The Balaban J connectivity index is 1.20. The summed E-state index contributed by atoms with van der Waals surface area (Å²) in [6.45, 7) is -1.66. The van der Waals surface area contributed by atoms with Gasteiger partial charge in [0.05, 0.1) is 31.6 Å². The van der Waals surface area contributed by atoms with E-state index in [4.69, 9.17) is 39.0 Å². The number of ether oxygens (including phenoxy) is 2. The third kappa shape index (κ3) is 5.05. The van der Waals surface area contributed by atoms with Crippen molar-refractivity contribution >= 4 is 49.5 Å². The molecule has 0 amide bonds. The van der Waals surface area contributed by atoms with Gasteiger partial charge in [0.1, 0.15) is 47.9 Å². The number of halogens is 1. The predicted octanol–water partition coefficient (Wildman–Crippen LogP) is -0.0526. The summed E-state index contributed by atoms with van der Waals surface area (Å²) in [6, 6.07) is 1.49. The van der Waals surface area contributed by atoms with Crippen LogP contribution in [0, 0.1) is 0 Å². The molecule has 2 bridgehead atoms. The Kier molecular flexibility index (Phi) is 7.18. The summed E-state index contributed by atoms with van der Waals surface area (Å²) in [4.78, 5) is 41.5. The molecule has 3 aliphatic rings. The quantitative estimate of drug-likeness (QED) is 0.176. The van der Waals surface area contributed by atoms with Crippen LogP contribution in [0.25, 0.3) is 22.3 Å². The molecular formula is C21H24FN9O11P2. The molecule has 3 fully saturated rings. The molecule has 0 radical (unpaired) electrons. The number of phosphoric ester groups is 2. The fraction of sp³-hybridized carbons (Fsp3) is 0.476. The average Bonchev–Trinajstić information content (AvgIpc) is 3.73. The number of hydrogen-bond donors (Lipinski definition) is 5. The van der Waals surface area contributed by atoms with Crippen molar-refractivity contribution in [3.05, 3.63) is 31.2 Å². The largest absolute Gasteiger partial charge is 0.472 e. The van der Waals surface area contributed by atoms with Gasteiger partial charge in [-0.3, -0.25) is 27.2 Å². The monoisotopic (exact) mass is 659 g/mol. The van der Waals surface area contributed by atoms with Gasteiger partial charge in [0.15, 0.2) is 35.7 Å². The number of phosphoric acid groups is 2. The summed E-state index contributed by atoms with van der Waals surface area (Å²) in [5.74, 6) is 0.0276. The Hall–Kier alpha value is -3.20. The first kappa shape index (κ1) is 29.5. The van der Waals surface area contributed by atoms with Gasteiger partial charge in [0.25, 0.3) is 0 Å². The van der Waals surface area contributed by atoms with E-state index in [1.807, 2.05) is 0 Å². The number of nitrogens with two attached hydrogens (primary N) is 2. The molecule has 236 valence electrons. The van der Waals surface area contributed by atoms with Crippen molar-refractivity contribution in [2.45, 2.75) is 49.1 Å². The number of nitrogens with zero attached hydrogens (tertiary/aromatic N) is 7. The van der Waals surface area contributed by atoms with Crippen LogP contribution in [0.15, 0.2) is 31.2 Å². The normalized spacial score (nSPS) is 38.3. The Morgan fingerprint density at radius 1 is 0.841 bits per heavy atom. The van der Waals surface area contributed by atoms with Crippen LogP contribution >= 0.6 is 15.6 Å². The number of aromatic nitrogens is 7. The summed E-state index contributed by atoms with van der Waals surface area (Å²) in [5, 5.41) is 11.0. The van der Waals surface area contributed by atoms with E-state index < -0.39 is 78.0 Å². The third-order valence-corrected chi connectivity index (χ3v) is 9.29. The maximum atomic E-state index is 15.9. The van der Waals surface area contributed by atoms with E-state index in [1.165, 1.54) is 34.1 Å². The molecule has 3 saturated heterocycles. The molecule has 7 N–H and O–H groups in total. The van der Waals surface area contributed by atoms with E-state index in [2.05, 4.69) is 24.9 Å². The maximum Gasteiger partial charge on any atom is 0.472 e. The van der Waals surface area contributed by atoms with Crippen LogP contribution in [0.3, 0.4) is 0 Å². The zero-order valence-electron chi connectivity index (χ0n) is 22.1. The van der Waals surface area contributed by atoms with Crippen molar-refractivity contribution in [3.63, 3.8) is 0 Å². The summed E-state index contributed by atoms with van der Waals surface area (Å²) >= 11 is 0. The van der Waals surface area contributed by atoms with Crippen molar-refractivity contribution in [1.82, 2.24) is 34.1 Å². The molecule has 7 rings (SSSR count). The minimum atomic E-state index is -5.09. The predicted molar refractivity (Wildman–Crippen MR) is 142 cm³/mol. The average molecular weight is 659 g/mol. The highest BCUT2D eigenvalue weighted by Crippen LogP contribution is 2.54. The van der Waals surface area contributed by atoms with Gasteiger partial charge in [-0.2, -0.15) is 0 Å². The smallest absolute Gasteiger partial charge is 0.397 e. The van der Waals surface area contributed by atoms with E-state index in [0.717, 1.165) is 6.33 Å². The Morgan fingerprint density at radius 2 is 1.45 bits per heavy atom. The molecule has 23 heteroatoms. The minimum absolute atomic E-state index is 0.0276. The molecular weight excluding hydrogens is 635 g/mol. The minimum Gasteiger partial charge on any atom is -0.397 e. The van der Waals surface area contributed by atoms with Crippen molar-refractivity contribution in [3.8, 4) is 0 Å². The molecule has 0 spiro atoms. The second kappa shape index (κ2) is 10.7. The van der Waals surface area contributed by atoms with Crippen LogP contribution in [0.5, 0.6) is 0 Å². The number of alkyl halides is 1. The number of hydrogen-bond acceptors (Lipinski definition) is 16. The maximum absolute atomic E-state index is 15.9. The first-order chi connectivity index (χ1) is 20.9. The molecule has 4 aromatic heterocycles. The summed E-state index contributed by atoms with van der Waals surface area (Å²) in [6.07, 6.45) is -8.32. The molecule has 10 atom stereocenters. The van der Waals surface area contributed by atoms with Gasteiger partial charge >= 0.3 is 15.6 Å². The number of aliphatic hydroxyl groups is 1. The summed E-state index contributed by atoms with van der Waals surface area (Å²) < 4.78 is 76.7. The molecule has 0 saturated carbocycles.